The summed E-state index contributed by atoms with van der Waals surface area (Å²) in [6.07, 6.45) is 1.08. The minimum Gasteiger partial charge on any atom is -0.500 e. The molecule has 0 saturated carbocycles. The van der Waals surface area contributed by atoms with Crippen LogP contribution < -0.4 is 15.5 Å². The molecule has 0 saturated heterocycles. The SMILES string of the molecule is COc1cc(/C=N/NC(=O)C(=O)NCc2ccccc2)cc([N+](=O)[O-])c1O. The van der Waals surface area contributed by atoms with E-state index in [1.807, 2.05) is 11.5 Å². The van der Waals surface area contributed by atoms with Crippen molar-refractivity contribution in [3.63, 3.8) is 0 Å². The molecular formula is C17H16N4O6. The lowest BCUT2D eigenvalue weighted by Gasteiger charge is -2.05. The standard InChI is InChI=1S/C17H16N4O6/c1-27-14-8-12(7-13(15(14)22)21(25)26)10-19-20-17(24)16(23)18-9-11-5-3-2-4-6-11/h2-8,10,22H,9H2,1H3,(H,18,23)(H,20,24)/b19-10+. The van der Waals surface area contributed by atoms with Crippen LogP contribution in [0.4, 0.5) is 5.69 Å². The van der Waals surface area contributed by atoms with Crippen molar-refractivity contribution in [3.8, 4) is 11.5 Å². The summed E-state index contributed by atoms with van der Waals surface area (Å²) in [6.45, 7) is 0.179. The van der Waals surface area contributed by atoms with Crippen LogP contribution in [0.3, 0.4) is 0 Å². The largest absolute Gasteiger partial charge is 0.500 e. The van der Waals surface area contributed by atoms with E-state index in [9.17, 15) is 24.8 Å². The summed E-state index contributed by atoms with van der Waals surface area (Å²) in [6, 6.07) is 11.3. The molecule has 2 rings (SSSR count). The highest BCUT2D eigenvalue weighted by Crippen LogP contribution is 2.36. The van der Waals surface area contributed by atoms with Crippen LogP contribution >= 0.6 is 0 Å². The normalized spacial score (nSPS) is 10.4. The third-order valence-electron chi connectivity index (χ3n) is 3.38. The molecule has 0 spiro atoms. The van der Waals surface area contributed by atoms with E-state index in [-0.39, 0.29) is 17.9 Å². The Bertz CT molecular complexity index is 882. The number of carbonyl (C=O) groups is 2. The predicted octanol–water partition coefficient (Wildman–Crippen LogP) is 1.08. The van der Waals surface area contributed by atoms with E-state index in [0.29, 0.717) is 0 Å². The first-order valence-electron chi connectivity index (χ1n) is 7.63. The second-order valence-electron chi connectivity index (χ2n) is 5.22. The molecule has 0 atom stereocenters. The second-order valence-corrected chi connectivity index (χ2v) is 5.22. The minimum absolute atomic E-state index is 0.127. The zero-order chi connectivity index (χ0) is 19.8. The Morgan fingerprint density at radius 1 is 1.26 bits per heavy atom. The summed E-state index contributed by atoms with van der Waals surface area (Å²) in [4.78, 5) is 33.5. The van der Waals surface area contributed by atoms with Crippen LogP contribution in [-0.4, -0.2) is 35.2 Å². The first-order chi connectivity index (χ1) is 12.9. The van der Waals surface area contributed by atoms with Gasteiger partial charge in [0.05, 0.1) is 18.2 Å². The van der Waals surface area contributed by atoms with E-state index in [2.05, 4.69) is 10.4 Å². The summed E-state index contributed by atoms with van der Waals surface area (Å²) in [5.41, 5.74) is 2.44. The molecule has 0 fully saturated rings. The molecule has 0 aliphatic carbocycles. The van der Waals surface area contributed by atoms with Gasteiger partial charge in [-0.1, -0.05) is 30.3 Å². The number of phenols is 1. The number of benzene rings is 2. The quantitative estimate of drug-likeness (QED) is 0.300. The van der Waals surface area contributed by atoms with Gasteiger partial charge < -0.3 is 15.2 Å². The number of hydrogen-bond donors (Lipinski definition) is 3. The maximum atomic E-state index is 11.7. The lowest BCUT2D eigenvalue weighted by molar-refractivity contribution is -0.386. The van der Waals surface area contributed by atoms with Crippen molar-refractivity contribution < 1.29 is 24.4 Å². The van der Waals surface area contributed by atoms with Crippen LogP contribution in [0.15, 0.2) is 47.6 Å². The van der Waals surface area contributed by atoms with Crippen molar-refractivity contribution in [2.75, 3.05) is 7.11 Å². The molecular weight excluding hydrogens is 356 g/mol. The van der Waals surface area contributed by atoms with Gasteiger partial charge in [-0.25, -0.2) is 5.43 Å². The predicted molar refractivity (Wildman–Crippen MR) is 95.3 cm³/mol. The third kappa shape index (κ3) is 5.26. The fourth-order valence-corrected chi connectivity index (χ4v) is 2.06. The molecule has 140 valence electrons. The number of nitro groups is 1. The Balaban J connectivity index is 1.98. The minimum atomic E-state index is -0.998. The Labute approximate surface area is 153 Å². The number of nitrogens with one attached hydrogen (secondary N) is 2. The van der Waals surface area contributed by atoms with Crippen molar-refractivity contribution in [2.45, 2.75) is 6.54 Å². The van der Waals surface area contributed by atoms with E-state index >= 15 is 0 Å². The summed E-state index contributed by atoms with van der Waals surface area (Å²) < 4.78 is 4.85. The molecule has 2 aromatic rings. The molecule has 2 amide bonds. The van der Waals surface area contributed by atoms with Gasteiger partial charge >= 0.3 is 17.5 Å². The Kier molecular flexibility index (Phi) is 6.42. The molecule has 27 heavy (non-hydrogen) atoms. The third-order valence-corrected chi connectivity index (χ3v) is 3.38. The van der Waals surface area contributed by atoms with Gasteiger partial charge in [0.15, 0.2) is 5.75 Å². The first kappa shape index (κ1) is 19.4. The fraction of sp³-hybridized carbons (Fsp3) is 0.118. The number of nitrogens with zero attached hydrogens (tertiary/aromatic N) is 2. The van der Waals surface area contributed by atoms with Gasteiger partial charge in [-0.05, 0) is 11.6 Å². The van der Waals surface area contributed by atoms with Gasteiger partial charge in [-0.2, -0.15) is 5.10 Å². The van der Waals surface area contributed by atoms with Gasteiger partial charge in [-0.15, -0.1) is 0 Å². The smallest absolute Gasteiger partial charge is 0.329 e. The molecule has 2 aromatic carbocycles. The highest BCUT2D eigenvalue weighted by molar-refractivity contribution is 6.35. The number of nitro benzene ring substituents is 1. The monoisotopic (exact) mass is 372 g/mol. The van der Waals surface area contributed by atoms with Crippen molar-refractivity contribution in [3.05, 3.63) is 63.7 Å². The molecule has 0 aliphatic heterocycles. The number of phenolic OH excluding ortho intramolecular Hbond substituents is 1. The van der Waals surface area contributed by atoms with Crippen LogP contribution in [0.25, 0.3) is 0 Å². The molecule has 0 unspecified atom stereocenters. The molecule has 0 radical (unpaired) electrons. The van der Waals surface area contributed by atoms with Gasteiger partial charge in [-0.3, -0.25) is 19.7 Å². The second kappa shape index (κ2) is 8.94. The number of aromatic hydroxyl groups is 1. The lowest BCUT2D eigenvalue weighted by Crippen LogP contribution is -2.37. The van der Waals surface area contributed by atoms with Crippen LogP contribution in [-0.2, 0) is 16.1 Å². The fourth-order valence-electron chi connectivity index (χ4n) is 2.06. The van der Waals surface area contributed by atoms with Gasteiger partial charge in [0.2, 0.25) is 5.75 Å². The van der Waals surface area contributed by atoms with Gasteiger partial charge in [0.1, 0.15) is 0 Å². The topological polar surface area (TPSA) is 143 Å². The average Bonchev–Trinajstić information content (AvgIpc) is 2.67. The van der Waals surface area contributed by atoms with Crippen molar-refractivity contribution in [2.24, 2.45) is 5.10 Å². The number of amides is 2. The molecule has 0 heterocycles. The van der Waals surface area contributed by atoms with Crippen LogP contribution in [0.1, 0.15) is 11.1 Å². The molecule has 10 heteroatoms. The highest BCUT2D eigenvalue weighted by atomic mass is 16.6. The zero-order valence-corrected chi connectivity index (χ0v) is 14.2. The van der Waals surface area contributed by atoms with Crippen LogP contribution in [0, 0.1) is 10.1 Å². The number of carbonyl (C=O) groups excluding carboxylic acids is 2. The maximum absolute atomic E-state index is 11.7. The number of hydrazone groups is 1. The lowest BCUT2D eigenvalue weighted by atomic mass is 10.2. The highest BCUT2D eigenvalue weighted by Gasteiger charge is 2.19. The van der Waals surface area contributed by atoms with E-state index in [4.69, 9.17) is 4.74 Å². The average molecular weight is 372 g/mol. The summed E-state index contributed by atoms with van der Waals surface area (Å²) in [5, 5.41) is 26.6. The van der Waals surface area contributed by atoms with E-state index < -0.39 is 28.2 Å². The Morgan fingerprint density at radius 3 is 2.59 bits per heavy atom. The van der Waals surface area contributed by atoms with E-state index in [0.717, 1.165) is 17.8 Å². The number of hydrogen-bond acceptors (Lipinski definition) is 7. The van der Waals surface area contributed by atoms with Crippen LogP contribution in [0.5, 0.6) is 11.5 Å². The van der Waals surface area contributed by atoms with Gasteiger partial charge in [0, 0.05) is 18.2 Å². The van der Waals surface area contributed by atoms with Crippen molar-refractivity contribution in [1.82, 2.24) is 10.7 Å². The van der Waals surface area contributed by atoms with Gasteiger partial charge in [0.25, 0.3) is 0 Å². The summed E-state index contributed by atoms with van der Waals surface area (Å²) in [7, 11) is 1.23. The maximum Gasteiger partial charge on any atom is 0.329 e. The summed E-state index contributed by atoms with van der Waals surface area (Å²) >= 11 is 0. The molecule has 10 nitrogen and oxygen atoms in total. The van der Waals surface area contributed by atoms with E-state index in [1.54, 1.807) is 24.3 Å². The van der Waals surface area contributed by atoms with Crippen LogP contribution in [0.2, 0.25) is 0 Å². The zero-order valence-electron chi connectivity index (χ0n) is 14.2. The van der Waals surface area contributed by atoms with E-state index in [1.165, 1.54) is 13.2 Å². The number of rotatable bonds is 6. The Hall–Kier alpha value is -3.95. The van der Waals surface area contributed by atoms with Crippen molar-refractivity contribution >= 4 is 23.7 Å². The Morgan fingerprint density at radius 2 is 1.96 bits per heavy atom. The molecule has 0 bridgehead atoms. The molecule has 0 aromatic heterocycles. The summed E-state index contributed by atoms with van der Waals surface area (Å²) in [5.74, 6) is -2.63. The van der Waals surface area contributed by atoms with Crippen molar-refractivity contribution in [1.29, 1.82) is 0 Å². The molecule has 0 aliphatic rings. The molecule has 3 N–H and O–H groups in total. The first-order valence-corrected chi connectivity index (χ1v) is 7.63. The number of ether oxygens (including phenoxy) is 1. The number of methoxy groups -OCH3 is 1.